The maximum atomic E-state index is 11.0. The number of aromatic nitrogens is 1. The predicted octanol–water partition coefficient (Wildman–Crippen LogP) is 0.906. The minimum atomic E-state index is -0.451. The Morgan fingerprint density at radius 2 is 2.35 bits per heavy atom. The number of H-pyrrole nitrogens is 1. The van der Waals surface area contributed by atoms with E-state index in [2.05, 4.69) is 10.3 Å². The molecule has 0 saturated heterocycles. The van der Waals surface area contributed by atoms with Gasteiger partial charge in [0.1, 0.15) is 0 Å². The average molecular weight is 234 g/mol. The van der Waals surface area contributed by atoms with E-state index in [4.69, 9.17) is 4.42 Å². The smallest absolute Gasteiger partial charge is 0.408 e. The van der Waals surface area contributed by atoms with Gasteiger partial charge in [-0.3, -0.25) is 4.98 Å². The number of oxazole rings is 1. The molecule has 1 heterocycles. The fourth-order valence-corrected chi connectivity index (χ4v) is 1.98. The van der Waals surface area contributed by atoms with Crippen molar-refractivity contribution in [2.45, 2.75) is 24.9 Å². The molecule has 5 heteroatoms. The summed E-state index contributed by atoms with van der Waals surface area (Å²) in [6, 6.07) is 5.91. The third kappa shape index (κ3) is 2.11. The second-order valence-corrected chi connectivity index (χ2v) is 4.45. The molecule has 1 aromatic heterocycles. The molecule has 0 aliphatic heterocycles. The zero-order chi connectivity index (χ0) is 11.8. The molecule has 0 amide bonds. The first-order chi connectivity index (χ1) is 8.26. The van der Waals surface area contributed by atoms with Crippen molar-refractivity contribution in [3.05, 3.63) is 34.3 Å². The molecule has 1 saturated carbocycles. The topological polar surface area (TPSA) is 78.3 Å². The van der Waals surface area contributed by atoms with Crippen LogP contribution in [-0.4, -0.2) is 22.7 Å². The number of fused-ring (bicyclic) bond motifs is 1. The molecule has 2 aromatic rings. The van der Waals surface area contributed by atoms with Crippen molar-refractivity contribution in [3.63, 3.8) is 0 Å². The summed E-state index contributed by atoms with van der Waals surface area (Å²) in [5.74, 6) is -0.451. The van der Waals surface area contributed by atoms with Crippen molar-refractivity contribution in [2.75, 3.05) is 6.61 Å². The molecule has 1 unspecified atom stereocenters. The molecule has 1 aromatic carbocycles. The highest BCUT2D eigenvalue weighted by Crippen LogP contribution is 2.25. The van der Waals surface area contributed by atoms with E-state index in [1.165, 1.54) is 12.8 Å². The van der Waals surface area contributed by atoms with E-state index in [0.717, 1.165) is 5.56 Å². The number of nitrogens with one attached hydrogen (secondary N) is 2. The number of aliphatic hydroxyl groups excluding tert-OH is 1. The summed E-state index contributed by atoms with van der Waals surface area (Å²) in [5, 5.41) is 12.7. The first-order valence-corrected chi connectivity index (χ1v) is 5.76. The third-order valence-electron chi connectivity index (χ3n) is 3.04. The van der Waals surface area contributed by atoms with Crippen molar-refractivity contribution in [1.29, 1.82) is 0 Å². The Morgan fingerprint density at radius 1 is 1.53 bits per heavy atom. The summed E-state index contributed by atoms with van der Waals surface area (Å²) >= 11 is 0. The number of hydrogen-bond donors (Lipinski definition) is 3. The number of aromatic amines is 1. The van der Waals surface area contributed by atoms with Gasteiger partial charge in [-0.05, 0) is 30.5 Å². The van der Waals surface area contributed by atoms with Gasteiger partial charge >= 0.3 is 5.76 Å². The lowest BCUT2D eigenvalue weighted by atomic mass is 10.1. The maximum Gasteiger partial charge on any atom is 0.417 e. The summed E-state index contributed by atoms with van der Waals surface area (Å²) in [4.78, 5) is 13.7. The van der Waals surface area contributed by atoms with Gasteiger partial charge in [0.2, 0.25) is 0 Å². The summed E-state index contributed by atoms with van der Waals surface area (Å²) in [6.07, 6.45) is 2.34. The highest BCUT2D eigenvalue weighted by Gasteiger charge is 2.25. The fourth-order valence-electron chi connectivity index (χ4n) is 1.98. The van der Waals surface area contributed by atoms with Crippen LogP contribution in [0, 0.1) is 0 Å². The monoisotopic (exact) mass is 234 g/mol. The SMILES string of the molecule is O=c1[nH]c2cc(C(CO)NC3CC3)ccc2o1. The summed E-state index contributed by atoms with van der Waals surface area (Å²) in [7, 11) is 0. The van der Waals surface area contributed by atoms with Gasteiger partial charge < -0.3 is 14.8 Å². The largest absolute Gasteiger partial charge is 0.417 e. The number of benzene rings is 1. The molecular formula is C12H14N2O3. The second-order valence-electron chi connectivity index (χ2n) is 4.45. The third-order valence-corrected chi connectivity index (χ3v) is 3.04. The zero-order valence-electron chi connectivity index (χ0n) is 9.27. The molecule has 1 fully saturated rings. The van der Waals surface area contributed by atoms with Crippen LogP contribution in [0.15, 0.2) is 27.4 Å². The van der Waals surface area contributed by atoms with Crippen molar-refractivity contribution >= 4 is 11.1 Å². The van der Waals surface area contributed by atoms with Crippen LogP contribution in [-0.2, 0) is 0 Å². The maximum absolute atomic E-state index is 11.0. The Kier molecular flexibility index (Phi) is 2.49. The van der Waals surface area contributed by atoms with Crippen LogP contribution in [0.4, 0.5) is 0 Å². The molecule has 5 nitrogen and oxygen atoms in total. The molecule has 0 radical (unpaired) electrons. The van der Waals surface area contributed by atoms with E-state index in [9.17, 15) is 9.90 Å². The predicted molar refractivity (Wildman–Crippen MR) is 62.8 cm³/mol. The van der Waals surface area contributed by atoms with Crippen LogP contribution >= 0.6 is 0 Å². The Morgan fingerprint density at radius 3 is 3.06 bits per heavy atom. The highest BCUT2D eigenvalue weighted by molar-refractivity contribution is 5.72. The van der Waals surface area contributed by atoms with Crippen LogP contribution in [0.5, 0.6) is 0 Å². The van der Waals surface area contributed by atoms with Crippen LogP contribution < -0.4 is 11.1 Å². The van der Waals surface area contributed by atoms with Gasteiger partial charge in [0, 0.05) is 6.04 Å². The lowest BCUT2D eigenvalue weighted by molar-refractivity contribution is 0.243. The molecule has 3 rings (SSSR count). The average Bonchev–Trinajstić information content (AvgIpc) is 3.05. The van der Waals surface area contributed by atoms with Crippen molar-refractivity contribution in [2.24, 2.45) is 0 Å². The molecule has 1 atom stereocenters. The van der Waals surface area contributed by atoms with Crippen LogP contribution in [0.2, 0.25) is 0 Å². The van der Waals surface area contributed by atoms with Crippen LogP contribution in [0.25, 0.3) is 11.1 Å². The quantitative estimate of drug-likeness (QED) is 0.734. The van der Waals surface area contributed by atoms with Gasteiger partial charge in [-0.15, -0.1) is 0 Å². The molecule has 3 N–H and O–H groups in total. The Labute approximate surface area is 97.5 Å². The molecular weight excluding hydrogens is 220 g/mol. The highest BCUT2D eigenvalue weighted by atomic mass is 16.4. The minimum absolute atomic E-state index is 0.0457. The molecule has 90 valence electrons. The van der Waals surface area contributed by atoms with Gasteiger partial charge in [0.25, 0.3) is 0 Å². The van der Waals surface area contributed by atoms with E-state index >= 15 is 0 Å². The lowest BCUT2D eigenvalue weighted by Gasteiger charge is -2.16. The fraction of sp³-hybridized carbons (Fsp3) is 0.417. The van der Waals surface area contributed by atoms with E-state index in [1.807, 2.05) is 12.1 Å². The van der Waals surface area contributed by atoms with Crippen molar-refractivity contribution in [3.8, 4) is 0 Å². The van der Waals surface area contributed by atoms with E-state index < -0.39 is 5.76 Å². The second kappa shape index (κ2) is 4.01. The molecule has 0 bridgehead atoms. The summed E-state index contributed by atoms with van der Waals surface area (Å²) in [6.45, 7) is 0.0457. The number of aliphatic hydroxyl groups is 1. The first-order valence-electron chi connectivity index (χ1n) is 5.76. The van der Waals surface area contributed by atoms with Gasteiger partial charge in [0.15, 0.2) is 5.58 Å². The van der Waals surface area contributed by atoms with E-state index in [0.29, 0.717) is 17.1 Å². The molecule has 1 aliphatic rings. The molecule has 0 spiro atoms. The Hall–Kier alpha value is -1.59. The Bertz CT molecular complexity index is 583. The first kappa shape index (κ1) is 10.6. The number of hydrogen-bond acceptors (Lipinski definition) is 4. The summed E-state index contributed by atoms with van der Waals surface area (Å²) < 4.78 is 4.94. The number of rotatable bonds is 4. The van der Waals surface area contributed by atoms with Crippen LogP contribution in [0.3, 0.4) is 0 Å². The van der Waals surface area contributed by atoms with Gasteiger partial charge in [-0.1, -0.05) is 6.07 Å². The van der Waals surface area contributed by atoms with Crippen LogP contribution in [0.1, 0.15) is 24.4 Å². The lowest BCUT2D eigenvalue weighted by Crippen LogP contribution is -2.26. The van der Waals surface area contributed by atoms with Gasteiger partial charge in [-0.2, -0.15) is 0 Å². The van der Waals surface area contributed by atoms with E-state index in [-0.39, 0.29) is 12.6 Å². The van der Waals surface area contributed by atoms with Crippen molar-refractivity contribution in [1.82, 2.24) is 10.3 Å². The van der Waals surface area contributed by atoms with Gasteiger partial charge in [0.05, 0.1) is 18.2 Å². The van der Waals surface area contributed by atoms with Gasteiger partial charge in [-0.25, -0.2) is 4.79 Å². The standard InChI is InChI=1S/C12H14N2O3/c15-6-10(13-8-2-3-8)7-1-4-11-9(5-7)14-12(16)17-11/h1,4-5,8,10,13,15H,2-3,6H2,(H,14,16). The summed E-state index contributed by atoms with van der Waals surface area (Å²) in [5.41, 5.74) is 2.18. The van der Waals surface area contributed by atoms with Crippen molar-refractivity contribution < 1.29 is 9.52 Å². The normalized spacial score (nSPS) is 17.5. The molecule has 17 heavy (non-hydrogen) atoms. The Balaban J connectivity index is 1.94. The van der Waals surface area contributed by atoms with E-state index in [1.54, 1.807) is 6.07 Å². The molecule has 1 aliphatic carbocycles. The zero-order valence-corrected chi connectivity index (χ0v) is 9.27. The minimum Gasteiger partial charge on any atom is -0.408 e.